The van der Waals surface area contributed by atoms with Gasteiger partial charge in [-0.1, -0.05) is 30.3 Å². The molecule has 0 unspecified atom stereocenters. The number of hydrogen-bond acceptors (Lipinski definition) is 2. The van der Waals surface area contributed by atoms with Crippen LogP contribution in [0.5, 0.6) is 5.75 Å². The van der Waals surface area contributed by atoms with E-state index in [4.69, 9.17) is 4.74 Å². The van der Waals surface area contributed by atoms with Crippen LogP contribution in [0.25, 0.3) is 10.9 Å². The van der Waals surface area contributed by atoms with Crippen LogP contribution in [0.1, 0.15) is 16.1 Å². The lowest BCUT2D eigenvalue weighted by Gasteiger charge is -2.09. The maximum atomic E-state index is 11.5. The van der Waals surface area contributed by atoms with Crippen LogP contribution in [0.15, 0.2) is 54.6 Å². The highest BCUT2D eigenvalue weighted by Crippen LogP contribution is 2.25. The van der Waals surface area contributed by atoms with E-state index in [2.05, 4.69) is 0 Å². The first kappa shape index (κ1) is 13.2. The molecule has 106 valence electrons. The van der Waals surface area contributed by atoms with Crippen molar-refractivity contribution in [1.29, 1.82) is 0 Å². The molecule has 0 aliphatic rings. The van der Waals surface area contributed by atoms with Crippen molar-refractivity contribution in [3.8, 4) is 5.75 Å². The minimum absolute atomic E-state index is 0.280. The first-order valence-corrected chi connectivity index (χ1v) is 6.63. The van der Waals surface area contributed by atoms with Gasteiger partial charge in [-0.2, -0.15) is 0 Å². The fourth-order valence-corrected chi connectivity index (χ4v) is 2.47. The summed E-state index contributed by atoms with van der Waals surface area (Å²) in [5.74, 6) is -0.215. The number of rotatable bonds is 4. The molecule has 3 rings (SSSR count). The molecule has 0 bridgehead atoms. The van der Waals surface area contributed by atoms with Gasteiger partial charge in [0.2, 0.25) is 0 Å². The third kappa shape index (κ3) is 2.48. The second-order valence-corrected chi connectivity index (χ2v) is 4.83. The minimum atomic E-state index is -0.930. The molecule has 0 saturated carbocycles. The van der Waals surface area contributed by atoms with E-state index in [1.54, 1.807) is 17.7 Å². The number of benzene rings is 2. The number of carboxylic acid groups (broad SMARTS) is 1. The fourth-order valence-electron chi connectivity index (χ4n) is 2.47. The number of hydrogen-bond donors (Lipinski definition) is 1. The van der Waals surface area contributed by atoms with E-state index in [0.29, 0.717) is 12.3 Å². The summed E-state index contributed by atoms with van der Waals surface area (Å²) in [6, 6.07) is 17.1. The van der Waals surface area contributed by atoms with E-state index in [1.165, 1.54) is 0 Å². The number of carboxylic acids is 1. The Hall–Kier alpha value is -2.75. The molecule has 4 nitrogen and oxygen atoms in total. The first-order chi connectivity index (χ1) is 10.2. The van der Waals surface area contributed by atoms with Gasteiger partial charge in [0.25, 0.3) is 0 Å². The number of aromatic carboxylic acids is 1. The molecular formula is C17H15NO3. The van der Waals surface area contributed by atoms with Gasteiger partial charge in [0.1, 0.15) is 11.4 Å². The molecule has 4 heteroatoms. The molecule has 0 fully saturated rings. The van der Waals surface area contributed by atoms with Gasteiger partial charge in [-0.05, 0) is 23.8 Å². The SMILES string of the molecule is COc1ccc2cc(C(=O)O)n(Cc3ccccc3)c2c1. The smallest absolute Gasteiger partial charge is 0.352 e. The van der Waals surface area contributed by atoms with Crippen LogP contribution in [0.2, 0.25) is 0 Å². The standard InChI is InChI=1S/C17H15NO3/c1-21-14-8-7-13-9-16(17(19)20)18(15(13)10-14)11-12-5-3-2-4-6-12/h2-10H,11H2,1H3,(H,19,20). The van der Waals surface area contributed by atoms with E-state index in [-0.39, 0.29) is 5.69 Å². The Bertz CT molecular complexity index is 790. The zero-order valence-corrected chi connectivity index (χ0v) is 11.6. The molecule has 0 aliphatic heterocycles. The Balaban J connectivity index is 2.17. The minimum Gasteiger partial charge on any atom is -0.497 e. The molecule has 1 heterocycles. The van der Waals surface area contributed by atoms with Crippen LogP contribution in [0, 0.1) is 0 Å². The monoisotopic (exact) mass is 281 g/mol. The van der Waals surface area contributed by atoms with Crippen molar-refractivity contribution in [3.63, 3.8) is 0 Å². The average Bonchev–Trinajstić information content (AvgIpc) is 2.86. The van der Waals surface area contributed by atoms with Crippen molar-refractivity contribution in [3.05, 3.63) is 65.9 Å². The van der Waals surface area contributed by atoms with Gasteiger partial charge in [0.15, 0.2) is 0 Å². The Morgan fingerprint density at radius 2 is 1.90 bits per heavy atom. The van der Waals surface area contributed by atoms with Crippen molar-refractivity contribution in [2.45, 2.75) is 6.54 Å². The second kappa shape index (κ2) is 5.32. The summed E-state index contributed by atoms with van der Waals surface area (Å²) in [5, 5.41) is 10.3. The van der Waals surface area contributed by atoms with E-state index >= 15 is 0 Å². The molecule has 0 radical (unpaired) electrons. The lowest BCUT2D eigenvalue weighted by atomic mass is 10.2. The molecule has 2 aromatic carbocycles. The Kier molecular flexibility index (Phi) is 3.36. The normalized spacial score (nSPS) is 10.7. The van der Waals surface area contributed by atoms with E-state index in [0.717, 1.165) is 16.5 Å². The van der Waals surface area contributed by atoms with Crippen molar-refractivity contribution in [1.82, 2.24) is 4.57 Å². The highest BCUT2D eigenvalue weighted by Gasteiger charge is 2.15. The lowest BCUT2D eigenvalue weighted by molar-refractivity contribution is 0.0686. The highest BCUT2D eigenvalue weighted by atomic mass is 16.5. The van der Waals surface area contributed by atoms with Crippen molar-refractivity contribution >= 4 is 16.9 Å². The zero-order chi connectivity index (χ0) is 14.8. The summed E-state index contributed by atoms with van der Waals surface area (Å²) >= 11 is 0. The number of methoxy groups -OCH3 is 1. The number of ether oxygens (including phenoxy) is 1. The van der Waals surface area contributed by atoms with E-state index in [1.807, 2.05) is 48.5 Å². The zero-order valence-electron chi connectivity index (χ0n) is 11.6. The number of carbonyl (C=O) groups is 1. The topological polar surface area (TPSA) is 51.5 Å². The predicted octanol–water partition coefficient (Wildman–Crippen LogP) is 3.40. The van der Waals surface area contributed by atoms with Gasteiger partial charge < -0.3 is 14.4 Å². The van der Waals surface area contributed by atoms with E-state index in [9.17, 15) is 9.90 Å². The Morgan fingerprint density at radius 3 is 2.57 bits per heavy atom. The number of aromatic nitrogens is 1. The van der Waals surface area contributed by atoms with Gasteiger partial charge in [0, 0.05) is 18.0 Å². The largest absolute Gasteiger partial charge is 0.497 e. The van der Waals surface area contributed by atoms with Crippen molar-refractivity contribution in [2.75, 3.05) is 7.11 Å². The fraction of sp³-hybridized carbons (Fsp3) is 0.118. The summed E-state index contributed by atoms with van der Waals surface area (Å²) in [7, 11) is 1.60. The molecule has 1 N–H and O–H groups in total. The van der Waals surface area contributed by atoms with E-state index < -0.39 is 5.97 Å². The molecule has 0 amide bonds. The molecule has 0 aliphatic carbocycles. The molecule has 0 atom stereocenters. The third-order valence-electron chi connectivity index (χ3n) is 3.51. The number of nitrogens with zero attached hydrogens (tertiary/aromatic N) is 1. The second-order valence-electron chi connectivity index (χ2n) is 4.83. The maximum absolute atomic E-state index is 11.5. The molecule has 3 aromatic rings. The maximum Gasteiger partial charge on any atom is 0.352 e. The first-order valence-electron chi connectivity index (χ1n) is 6.63. The van der Waals surface area contributed by atoms with Crippen LogP contribution in [0.4, 0.5) is 0 Å². The van der Waals surface area contributed by atoms with Crippen LogP contribution < -0.4 is 4.74 Å². The summed E-state index contributed by atoms with van der Waals surface area (Å²) in [4.78, 5) is 11.5. The van der Waals surface area contributed by atoms with Crippen LogP contribution in [0.3, 0.4) is 0 Å². The van der Waals surface area contributed by atoms with Gasteiger partial charge in [-0.15, -0.1) is 0 Å². The summed E-state index contributed by atoms with van der Waals surface area (Å²) in [5.41, 5.74) is 2.19. The van der Waals surface area contributed by atoms with Crippen LogP contribution >= 0.6 is 0 Å². The predicted molar refractivity (Wildman–Crippen MR) is 81.0 cm³/mol. The van der Waals surface area contributed by atoms with Gasteiger partial charge >= 0.3 is 5.97 Å². The molecule has 21 heavy (non-hydrogen) atoms. The lowest BCUT2D eigenvalue weighted by Crippen LogP contribution is -2.09. The summed E-state index contributed by atoms with van der Waals surface area (Å²) < 4.78 is 7.04. The van der Waals surface area contributed by atoms with Gasteiger partial charge in [-0.25, -0.2) is 4.79 Å². The van der Waals surface area contributed by atoms with Crippen LogP contribution in [-0.2, 0) is 6.54 Å². The van der Waals surface area contributed by atoms with Crippen molar-refractivity contribution in [2.24, 2.45) is 0 Å². The molecule has 0 saturated heterocycles. The Labute approximate surface area is 122 Å². The highest BCUT2D eigenvalue weighted by molar-refractivity contribution is 5.95. The van der Waals surface area contributed by atoms with Crippen molar-refractivity contribution < 1.29 is 14.6 Å². The van der Waals surface area contributed by atoms with Gasteiger partial charge in [-0.3, -0.25) is 0 Å². The summed E-state index contributed by atoms with van der Waals surface area (Å²) in [6.45, 7) is 0.513. The van der Waals surface area contributed by atoms with Crippen LogP contribution in [-0.4, -0.2) is 22.8 Å². The molecule has 0 spiro atoms. The van der Waals surface area contributed by atoms with Gasteiger partial charge in [0.05, 0.1) is 12.6 Å². The average molecular weight is 281 g/mol. The third-order valence-corrected chi connectivity index (χ3v) is 3.51. The molecular weight excluding hydrogens is 266 g/mol. The molecule has 1 aromatic heterocycles. The quantitative estimate of drug-likeness (QED) is 0.797. The Morgan fingerprint density at radius 1 is 1.14 bits per heavy atom. The number of fused-ring (bicyclic) bond motifs is 1. The summed E-state index contributed by atoms with van der Waals surface area (Å²) in [6.07, 6.45) is 0.